The normalized spacial score (nSPS) is 14.6. The molecule has 0 bridgehead atoms. The van der Waals surface area contributed by atoms with Crippen molar-refractivity contribution in [2.45, 2.75) is 44.6 Å². The molecule has 6 nitrogen and oxygen atoms in total. The second-order valence-corrected chi connectivity index (χ2v) is 10.4. The van der Waals surface area contributed by atoms with Crippen LogP contribution < -0.4 is 5.32 Å². The molecular formula is C22H31N3O3S2. The van der Waals surface area contributed by atoms with Crippen LogP contribution in [0, 0.1) is 0 Å². The minimum atomic E-state index is -3.44. The van der Waals surface area contributed by atoms with Gasteiger partial charge in [-0.05, 0) is 47.5 Å². The lowest BCUT2D eigenvalue weighted by Gasteiger charge is -2.26. The molecule has 2 aromatic rings. The highest BCUT2D eigenvalue weighted by Crippen LogP contribution is 2.23. The van der Waals surface area contributed by atoms with E-state index in [0.717, 1.165) is 31.6 Å². The second kappa shape index (κ2) is 10.5. The molecule has 0 atom stereocenters. The first-order chi connectivity index (χ1) is 14.4. The number of fused-ring (bicyclic) bond motifs is 1. The third-order valence-electron chi connectivity index (χ3n) is 5.54. The van der Waals surface area contributed by atoms with Crippen molar-refractivity contribution in [2.75, 3.05) is 32.7 Å². The van der Waals surface area contributed by atoms with Gasteiger partial charge in [0, 0.05) is 50.6 Å². The van der Waals surface area contributed by atoms with Crippen LogP contribution in [-0.4, -0.2) is 56.3 Å². The molecule has 1 aliphatic rings. The highest BCUT2D eigenvalue weighted by Gasteiger charge is 2.21. The van der Waals surface area contributed by atoms with E-state index in [-0.39, 0.29) is 5.91 Å². The molecule has 8 heteroatoms. The number of sulfonamides is 1. The fraction of sp³-hybridized carbons (Fsp3) is 0.500. The van der Waals surface area contributed by atoms with Crippen LogP contribution >= 0.6 is 11.3 Å². The number of amides is 1. The molecule has 0 aliphatic carbocycles. The van der Waals surface area contributed by atoms with Crippen LogP contribution in [0.5, 0.6) is 0 Å². The molecule has 1 aromatic heterocycles. The summed E-state index contributed by atoms with van der Waals surface area (Å²) >= 11 is 1.83. The van der Waals surface area contributed by atoms with Crippen molar-refractivity contribution in [1.82, 2.24) is 14.5 Å². The zero-order valence-corrected chi connectivity index (χ0v) is 19.4. The molecule has 30 heavy (non-hydrogen) atoms. The molecule has 0 radical (unpaired) electrons. The van der Waals surface area contributed by atoms with E-state index in [1.54, 1.807) is 24.3 Å². The minimum absolute atomic E-state index is 0.0306. The Labute approximate surface area is 183 Å². The number of thiophene rings is 1. The van der Waals surface area contributed by atoms with Crippen LogP contribution in [0.25, 0.3) is 0 Å². The number of aryl methyl sites for hydroxylation is 1. The molecule has 0 unspecified atom stereocenters. The van der Waals surface area contributed by atoms with Crippen molar-refractivity contribution < 1.29 is 13.2 Å². The summed E-state index contributed by atoms with van der Waals surface area (Å²) in [6.07, 6.45) is 2.09. The Bertz CT molecular complexity index is 935. The molecular weight excluding hydrogens is 418 g/mol. The van der Waals surface area contributed by atoms with E-state index >= 15 is 0 Å². The maximum atomic E-state index is 12.5. The minimum Gasteiger partial charge on any atom is -0.355 e. The summed E-state index contributed by atoms with van der Waals surface area (Å²) in [6.45, 7) is 8.10. The van der Waals surface area contributed by atoms with Crippen molar-refractivity contribution >= 4 is 27.3 Å². The number of hydrogen-bond acceptors (Lipinski definition) is 5. The highest BCUT2D eigenvalue weighted by molar-refractivity contribution is 7.89. The van der Waals surface area contributed by atoms with Gasteiger partial charge in [0.15, 0.2) is 0 Å². The van der Waals surface area contributed by atoms with E-state index in [2.05, 4.69) is 21.7 Å². The third kappa shape index (κ3) is 5.69. The predicted molar refractivity (Wildman–Crippen MR) is 121 cm³/mol. The van der Waals surface area contributed by atoms with E-state index in [9.17, 15) is 13.2 Å². The number of carbonyl (C=O) groups excluding carboxylic acids is 1. The van der Waals surface area contributed by atoms with Gasteiger partial charge < -0.3 is 5.32 Å². The predicted octanol–water partition coefficient (Wildman–Crippen LogP) is 2.89. The van der Waals surface area contributed by atoms with Crippen LogP contribution in [0.15, 0.2) is 40.6 Å². The van der Waals surface area contributed by atoms with Gasteiger partial charge >= 0.3 is 0 Å². The van der Waals surface area contributed by atoms with Gasteiger partial charge in [0.2, 0.25) is 15.9 Å². The molecule has 0 saturated heterocycles. The van der Waals surface area contributed by atoms with Crippen LogP contribution in [0.1, 0.15) is 36.3 Å². The van der Waals surface area contributed by atoms with Gasteiger partial charge in [0.25, 0.3) is 0 Å². The molecule has 164 valence electrons. The maximum Gasteiger partial charge on any atom is 0.243 e. The first kappa shape index (κ1) is 22.9. The van der Waals surface area contributed by atoms with E-state index in [1.165, 1.54) is 14.7 Å². The average molecular weight is 450 g/mol. The summed E-state index contributed by atoms with van der Waals surface area (Å²) in [6, 6.07) is 9.07. The lowest BCUT2D eigenvalue weighted by Crippen LogP contribution is -2.37. The van der Waals surface area contributed by atoms with E-state index in [0.29, 0.717) is 37.4 Å². The first-order valence-corrected chi connectivity index (χ1v) is 12.9. The van der Waals surface area contributed by atoms with Gasteiger partial charge in [-0.1, -0.05) is 26.0 Å². The summed E-state index contributed by atoms with van der Waals surface area (Å²) in [5.41, 5.74) is 2.38. The van der Waals surface area contributed by atoms with Crippen LogP contribution in [0.4, 0.5) is 0 Å². The maximum absolute atomic E-state index is 12.5. The summed E-state index contributed by atoms with van der Waals surface area (Å²) < 4.78 is 26.5. The highest BCUT2D eigenvalue weighted by atomic mass is 32.2. The molecule has 0 fully saturated rings. The topological polar surface area (TPSA) is 69.7 Å². The van der Waals surface area contributed by atoms with Crippen LogP contribution in [-0.2, 0) is 34.2 Å². The Morgan fingerprint density at radius 3 is 2.60 bits per heavy atom. The Morgan fingerprint density at radius 2 is 1.90 bits per heavy atom. The molecule has 2 heterocycles. The number of hydrogen-bond donors (Lipinski definition) is 1. The van der Waals surface area contributed by atoms with Gasteiger partial charge in [-0.2, -0.15) is 4.31 Å². The Morgan fingerprint density at radius 1 is 1.17 bits per heavy atom. The van der Waals surface area contributed by atoms with Crippen molar-refractivity contribution in [3.05, 3.63) is 51.7 Å². The smallest absolute Gasteiger partial charge is 0.243 e. The summed E-state index contributed by atoms with van der Waals surface area (Å²) in [7, 11) is -3.44. The van der Waals surface area contributed by atoms with Crippen LogP contribution in [0.2, 0.25) is 0 Å². The molecule has 1 N–H and O–H groups in total. The third-order valence-corrected chi connectivity index (χ3v) is 8.63. The van der Waals surface area contributed by atoms with Gasteiger partial charge in [0.05, 0.1) is 4.90 Å². The van der Waals surface area contributed by atoms with E-state index < -0.39 is 10.0 Å². The fourth-order valence-corrected chi connectivity index (χ4v) is 6.09. The van der Waals surface area contributed by atoms with Gasteiger partial charge in [0.1, 0.15) is 0 Å². The molecule has 1 amide bonds. The summed E-state index contributed by atoms with van der Waals surface area (Å²) in [4.78, 5) is 16.3. The van der Waals surface area contributed by atoms with E-state index in [4.69, 9.17) is 0 Å². The van der Waals surface area contributed by atoms with Gasteiger partial charge in [-0.3, -0.25) is 9.69 Å². The Balaban J connectivity index is 1.40. The summed E-state index contributed by atoms with van der Waals surface area (Å²) in [5.74, 6) is 0.0306. The van der Waals surface area contributed by atoms with Gasteiger partial charge in [-0.25, -0.2) is 8.42 Å². The standard InChI is InChI=1S/C22H31N3O3S2/c1-3-25(4-2)30(27,28)20-8-5-18(6-9-20)7-10-22(26)23-13-15-24-14-11-21-19(17-24)12-16-29-21/h5-6,8-9,12,16H,3-4,7,10-11,13-15,17H2,1-2H3,(H,23,26). The Kier molecular flexibility index (Phi) is 8.05. The lowest BCUT2D eigenvalue weighted by molar-refractivity contribution is -0.121. The molecule has 1 aliphatic heterocycles. The monoisotopic (exact) mass is 449 g/mol. The summed E-state index contributed by atoms with van der Waals surface area (Å²) in [5, 5.41) is 5.16. The molecule has 3 rings (SSSR count). The number of nitrogens with one attached hydrogen (secondary N) is 1. The van der Waals surface area contributed by atoms with Crippen molar-refractivity contribution in [2.24, 2.45) is 0 Å². The zero-order chi connectivity index (χ0) is 21.6. The zero-order valence-electron chi connectivity index (χ0n) is 17.8. The molecule has 0 spiro atoms. The number of benzene rings is 1. The van der Waals surface area contributed by atoms with Crippen LogP contribution in [0.3, 0.4) is 0 Å². The molecule has 1 aromatic carbocycles. The SMILES string of the molecule is CCN(CC)S(=O)(=O)c1ccc(CCC(=O)NCCN2CCc3sccc3C2)cc1. The van der Waals surface area contributed by atoms with E-state index in [1.807, 2.05) is 25.2 Å². The number of carbonyl (C=O) groups is 1. The largest absolute Gasteiger partial charge is 0.355 e. The number of rotatable bonds is 10. The average Bonchev–Trinajstić information content (AvgIpc) is 3.21. The Hall–Kier alpha value is -1.74. The quantitative estimate of drug-likeness (QED) is 0.606. The fourth-order valence-electron chi connectivity index (χ4n) is 3.74. The van der Waals surface area contributed by atoms with Crippen molar-refractivity contribution in [3.63, 3.8) is 0 Å². The van der Waals surface area contributed by atoms with Crippen molar-refractivity contribution in [1.29, 1.82) is 0 Å². The number of nitrogens with zero attached hydrogens (tertiary/aromatic N) is 2. The molecule has 0 saturated carbocycles. The second-order valence-electron chi connectivity index (χ2n) is 7.48. The first-order valence-electron chi connectivity index (χ1n) is 10.6. The lowest BCUT2D eigenvalue weighted by atomic mass is 10.1. The van der Waals surface area contributed by atoms with Crippen molar-refractivity contribution in [3.8, 4) is 0 Å². The van der Waals surface area contributed by atoms with Gasteiger partial charge in [-0.15, -0.1) is 11.3 Å².